The Balaban J connectivity index is 1.03. The molecular weight excluding hydrogens is 727 g/mol. The van der Waals surface area contributed by atoms with Crippen LogP contribution in [0.15, 0.2) is 212 Å². The highest BCUT2D eigenvalue weighted by Gasteiger charge is 2.51. The molecule has 2 heteroatoms. The fraction of sp³-hybridized carbons (Fsp3) is 0.0690. The molecule has 284 valence electrons. The lowest BCUT2D eigenvalue weighted by Crippen LogP contribution is -2.32. The summed E-state index contributed by atoms with van der Waals surface area (Å²) in [4.78, 5) is 2.42. The monoisotopic (exact) mass is 767 g/mol. The zero-order valence-electron chi connectivity index (χ0n) is 33.6. The predicted octanol–water partition coefficient (Wildman–Crippen LogP) is 15.3. The van der Waals surface area contributed by atoms with Crippen LogP contribution in [0.3, 0.4) is 0 Å². The first-order valence-corrected chi connectivity index (χ1v) is 20.9. The standard InChI is InChI=1S/C58H41NO/c1-57(2)49-21-8-6-19-45(49)47-34-32-44(37-53(47)57)59(42-30-27-39(28-31-42)38-15-4-3-5-16-38)43-18-14-17-40(35-43)41-29-33-48-46-20-7-9-22-50(46)58(54(48)36-41)51-23-10-12-25-55(51)60-56-26-13-11-24-52(56)58/h3-37H,1-2H3. The summed E-state index contributed by atoms with van der Waals surface area (Å²) in [5.41, 5.74) is 20.3. The highest BCUT2D eigenvalue weighted by Crippen LogP contribution is 2.62. The molecule has 1 aliphatic heterocycles. The van der Waals surface area contributed by atoms with Crippen molar-refractivity contribution in [2.75, 3.05) is 4.90 Å². The van der Waals surface area contributed by atoms with Gasteiger partial charge in [-0.2, -0.15) is 0 Å². The molecular formula is C58H41NO. The van der Waals surface area contributed by atoms with Gasteiger partial charge in [-0.3, -0.25) is 0 Å². The molecule has 0 saturated carbocycles. The maximum Gasteiger partial charge on any atom is 0.132 e. The van der Waals surface area contributed by atoms with E-state index in [1.54, 1.807) is 0 Å². The molecule has 0 N–H and O–H groups in total. The molecule has 9 aromatic rings. The Labute approximate surface area is 351 Å². The second kappa shape index (κ2) is 13.0. The summed E-state index contributed by atoms with van der Waals surface area (Å²) in [5, 5.41) is 0. The summed E-state index contributed by atoms with van der Waals surface area (Å²) in [6.07, 6.45) is 0. The first-order chi connectivity index (χ1) is 29.5. The van der Waals surface area contributed by atoms with E-state index in [1.165, 1.54) is 72.3 Å². The van der Waals surface area contributed by atoms with E-state index in [0.717, 1.165) is 34.1 Å². The van der Waals surface area contributed by atoms with Crippen molar-refractivity contribution in [2.45, 2.75) is 24.7 Å². The summed E-state index contributed by atoms with van der Waals surface area (Å²) in [5.74, 6) is 1.81. The molecule has 12 rings (SSSR count). The molecule has 60 heavy (non-hydrogen) atoms. The van der Waals surface area contributed by atoms with Crippen LogP contribution in [-0.2, 0) is 10.8 Å². The van der Waals surface area contributed by atoms with Crippen molar-refractivity contribution in [1.29, 1.82) is 0 Å². The van der Waals surface area contributed by atoms with Gasteiger partial charge in [-0.1, -0.05) is 172 Å². The summed E-state index contributed by atoms with van der Waals surface area (Å²) in [6.45, 7) is 4.71. The number of ether oxygens (including phenoxy) is 1. The van der Waals surface area contributed by atoms with Crippen molar-refractivity contribution in [1.82, 2.24) is 0 Å². The Kier molecular flexibility index (Phi) is 7.52. The van der Waals surface area contributed by atoms with Crippen LogP contribution in [0.5, 0.6) is 11.5 Å². The number of nitrogens with zero attached hydrogens (tertiary/aromatic N) is 1. The number of para-hydroxylation sites is 2. The van der Waals surface area contributed by atoms with Crippen molar-refractivity contribution >= 4 is 17.1 Å². The average Bonchev–Trinajstić information content (AvgIpc) is 3.72. The average molecular weight is 768 g/mol. The molecule has 3 aliphatic rings. The maximum atomic E-state index is 6.62. The highest BCUT2D eigenvalue weighted by atomic mass is 16.5. The van der Waals surface area contributed by atoms with Crippen LogP contribution in [-0.4, -0.2) is 0 Å². The van der Waals surface area contributed by atoms with E-state index in [-0.39, 0.29) is 5.41 Å². The molecule has 0 aromatic heterocycles. The van der Waals surface area contributed by atoms with Gasteiger partial charge in [-0.15, -0.1) is 0 Å². The number of benzene rings is 9. The molecule has 2 aliphatic carbocycles. The van der Waals surface area contributed by atoms with Crippen molar-refractivity contribution in [3.05, 3.63) is 246 Å². The number of anilines is 3. The zero-order valence-corrected chi connectivity index (χ0v) is 33.6. The summed E-state index contributed by atoms with van der Waals surface area (Å²) >= 11 is 0. The smallest absolute Gasteiger partial charge is 0.132 e. The zero-order chi connectivity index (χ0) is 40.0. The van der Waals surface area contributed by atoms with Crippen LogP contribution in [0.25, 0.3) is 44.5 Å². The minimum Gasteiger partial charge on any atom is -0.457 e. The Morgan fingerprint density at radius 2 is 0.800 bits per heavy atom. The van der Waals surface area contributed by atoms with Gasteiger partial charge >= 0.3 is 0 Å². The van der Waals surface area contributed by atoms with Crippen LogP contribution in [0.2, 0.25) is 0 Å². The van der Waals surface area contributed by atoms with Crippen LogP contribution in [0.1, 0.15) is 47.2 Å². The van der Waals surface area contributed by atoms with Gasteiger partial charge in [-0.25, -0.2) is 0 Å². The molecule has 0 saturated heterocycles. The second-order valence-electron chi connectivity index (χ2n) is 16.8. The van der Waals surface area contributed by atoms with Gasteiger partial charge in [0, 0.05) is 33.6 Å². The number of hydrogen-bond acceptors (Lipinski definition) is 2. The second-order valence-corrected chi connectivity index (χ2v) is 16.8. The maximum absolute atomic E-state index is 6.62. The van der Waals surface area contributed by atoms with E-state index in [4.69, 9.17) is 4.74 Å². The first-order valence-electron chi connectivity index (χ1n) is 20.9. The molecule has 0 amide bonds. The van der Waals surface area contributed by atoms with Gasteiger partial charge in [0.2, 0.25) is 0 Å². The van der Waals surface area contributed by atoms with Crippen molar-refractivity contribution in [3.63, 3.8) is 0 Å². The lowest BCUT2D eigenvalue weighted by atomic mass is 9.66. The van der Waals surface area contributed by atoms with Gasteiger partial charge in [0.15, 0.2) is 0 Å². The lowest BCUT2D eigenvalue weighted by molar-refractivity contribution is 0.436. The Morgan fingerprint density at radius 1 is 0.317 bits per heavy atom. The van der Waals surface area contributed by atoms with Gasteiger partial charge in [-0.05, 0) is 121 Å². The van der Waals surface area contributed by atoms with Gasteiger partial charge in [0.05, 0.1) is 5.41 Å². The van der Waals surface area contributed by atoms with Crippen LogP contribution >= 0.6 is 0 Å². The van der Waals surface area contributed by atoms with E-state index in [0.29, 0.717) is 0 Å². The molecule has 1 spiro atoms. The molecule has 0 atom stereocenters. The molecule has 9 aromatic carbocycles. The van der Waals surface area contributed by atoms with E-state index in [2.05, 4.69) is 231 Å². The molecule has 0 radical (unpaired) electrons. The minimum atomic E-state index is -0.522. The number of rotatable bonds is 5. The van der Waals surface area contributed by atoms with Gasteiger partial charge in [0.1, 0.15) is 11.5 Å². The van der Waals surface area contributed by atoms with E-state index in [1.807, 2.05) is 0 Å². The molecule has 2 nitrogen and oxygen atoms in total. The number of hydrogen-bond donors (Lipinski definition) is 0. The largest absolute Gasteiger partial charge is 0.457 e. The molecule has 0 unspecified atom stereocenters. The van der Waals surface area contributed by atoms with Crippen molar-refractivity contribution in [3.8, 4) is 56.0 Å². The normalized spacial score (nSPS) is 14.2. The fourth-order valence-corrected chi connectivity index (χ4v) is 10.6. The van der Waals surface area contributed by atoms with Crippen LogP contribution in [0, 0.1) is 0 Å². The predicted molar refractivity (Wildman–Crippen MR) is 247 cm³/mol. The third-order valence-electron chi connectivity index (χ3n) is 13.3. The van der Waals surface area contributed by atoms with Crippen LogP contribution in [0.4, 0.5) is 17.1 Å². The summed E-state index contributed by atoms with van der Waals surface area (Å²) in [7, 11) is 0. The molecule has 1 heterocycles. The third-order valence-corrected chi connectivity index (χ3v) is 13.3. The van der Waals surface area contributed by atoms with E-state index >= 15 is 0 Å². The Morgan fingerprint density at radius 3 is 1.53 bits per heavy atom. The SMILES string of the molecule is CC1(C)c2ccccc2-c2ccc(N(c3ccc(-c4ccccc4)cc3)c3cccc(-c4ccc5c(c4)C4(c6ccccc6Oc6ccccc64)c4ccccc4-5)c3)cc21. The minimum absolute atomic E-state index is 0.119. The Bertz CT molecular complexity index is 3110. The fourth-order valence-electron chi connectivity index (χ4n) is 10.6. The highest BCUT2D eigenvalue weighted by molar-refractivity contribution is 5.91. The molecule has 0 fully saturated rings. The van der Waals surface area contributed by atoms with Gasteiger partial charge in [0.25, 0.3) is 0 Å². The quantitative estimate of drug-likeness (QED) is 0.173. The van der Waals surface area contributed by atoms with Gasteiger partial charge < -0.3 is 9.64 Å². The van der Waals surface area contributed by atoms with Crippen molar-refractivity contribution < 1.29 is 4.74 Å². The first kappa shape index (κ1) is 34.6. The van der Waals surface area contributed by atoms with Crippen LogP contribution < -0.4 is 9.64 Å². The Hall–Kier alpha value is -7.42. The summed E-state index contributed by atoms with van der Waals surface area (Å²) in [6, 6.07) is 77.8. The third kappa shape index (κ3) is 4.94. The number of fused-ring (bicyclic) bond motifs is 12. The van der Waals surface area contributed by atoms with E-state index in [9.17, 15) is 0 Å². The lowest BCUT2D eigenvalue weighted by Gasteiger charge is -2.39. The van der Waals surface area contributed by atoms with E-state index < -0.39 is 5.41 Å². The van der Waals surface area contributed by atoms with Crippen molar-refractivity contribution in [2.24, 2.45) is 0 Å². The summed E-state index contributed by atoms with van der Waals surface area (Å²) < 4.78 is 6.62. The topological polar surface area (TPSA) is 12.5 Å². The molecule has 0 bridgehead atoms.